The number of aliphatic hydroxyl groups excluding tert-OH is 1. The molecule has 28 heavy (non-hydrogen) atoms. The summed E-state index contributed by atoms with van der Waals surface area (Å²) >= 11 is 1.36. The van der Waals surface area contributed by atoms with Crippen LogP contribution in [0.25, 0.3) is 21.3 Å². The molecule has 0 radical (unpaired) electrons. The van der Waals surface area contributed by atoms with Crippen molar-refractivity contribution in [3.8, 4) is 22.6 Å². The van der Waals surface area contributed by atoms with E-state index in [1.165, 1.54) is 23.5 Å². The summed E-state index contributed by atoms with van der Waals surface area (Å²) in [6, 6.07) is 15.2. The molecule has 1 aromatic heterocycles. The minimum Gasteiger partial charge on any atom is -0.454 e. The van der Waals surface area contributed by atoms with Crippen LogP contribution < -0.4 is 15.2 Å². The molecule has 0 saturated carbocycles. The topological polar surface area (TPSA) is 77.6 Å². The van der Waals surface area contributed by atoms with Crippen LogP contribution in [0.15, 0.2) is 54.6 Å². The molecule has 1 atom stereocenters. The van der Waals surface area contributed by atoms with Crippen molar-refractivity contribution < 1.29 is 19.0 Å². The Labute approximate surface area is 163 Å². The molecule has 3 N–H and O–H groups in total. The molecule has 140 valence electrons. The Morgan fingerprint density at radius 1 is 1.00 bits per heavy atom. The number of nitrogen functional groups attached to an aromatic ring is 1. The van der Waals surface area contributed by atoms with E-state index in [-0.39, 0.29) is 12.6 Å². The summed E-state index contributed by atoms with van der Waals surface area (Å²) in [4.78, 5) is 4.46. The van der Waals surface area contributed by atoms with Gasteiger partial charge in [0.2, 0.25) is 6.79 Å². The highest BCUT2D eigenvalue weighted by Crippen LogP contribution is 2.41. The Hall–Kier alpha value is -3.16. The molecule has 5 nitrogen and oxygen atoms in total. The van der Waals surface area contributed by atoms with Crippen molar-refractivity contribution in [1.29, 1.82) is 0 Å². The quantitative estimate of drug-likeness (QED) is 0.535. The zero-order chi connectivity index (χ0) is 19.3. The predicted molar refractivity (Wildman–Crippen MR) is 106 cm³/mol. The molecule has 7 heteroatoms. The number of aromatic nitrogens is 1. The lowest BCUT2D eigenvalue weighted by Gasteiger charge is -2.14. The number of hydrogen-bond acceptors (Lipinski definition) is 6. The van der Waals surface area contributed by atoms with Crippen LogP contribution in [-0.4, -0.2) is 16.9 Å². The Bertz CT molecular complexity index is 1190. The number of hydrogen-bond donors (Lipinski definition) is 2. The molecule has 0 fully saturated rings. The molecule has 0 bridgehead atoms. The Morgan fingerprint density at radius 2 is 1.79 bits per heavy atom. The molecule has 0 aliphatic carbocycles. The first-order valence-corrected chi connectivity index (χ1v) is 9.43. The van der Waals surface area contributed by atoms with Gasteiger partial charge < -0.3 is 20.3 Å². The third kappa shape index (κ3) is 2.85. The SMILES string of the molecule is Nc1nc2c(-c3ccc4c(c3)OCO4)cc(C(O)c3ccc(F)cc3)cc2s1. The van der Waals surface area contributed by atoms with Crippen molar-refractivity contribution in [2.75, 3.05) is 12.5 Å². The average Bonchev–Trinajstić information content (AvgIpc) is 3.31. The summed E-state index contributed by atoms with van der Waals surface area (Å²) in [5.74, 6) is 1.02. The van der Waals surface area contributed by atoms with E-state index >= 15 is 0 Å². The molecule has 1 aliphatic rings. The third-order valence-electron chi connectivity index (χ3n) is 4.72. The van der Waals surface area contributed by atoms with Crippen molar-refractivity contribution in [3.63, 3.8) is 0 Å². The zero-order valence-corrected chi connectivity index (χ0v) is 15.4. The first-order valence-electron chi connectivity index (χ1n) is 8.62. The molecule has 0 spiro atoms. The molecule has 1 unspecified atom stereocenters. The maximum absolute atomic E-state index is 13.2. The molecular weight excluding hydrogens is 379 g/mol. The number of fused-ring (bicyclic) bond motifs is 2. The minimum atomic E-state index is -0.902. The van der Waals surface area contributed by atoms with E-state index in [1.54, 1.807) is 12.1 Å². The number of rotatable bonds is 3. The van der Waals surface area contributed by atoms with Gasteiger partial charge in [0.05, 0.1) is 10.2 Å². The standard InChI is InChI=1S/C21H15FN2O3S/c22-14-4-1-11(2-5-14)20(25)13-7-15(19-18(9-13)28-21(23)24-19)12-3-6-16-17(8-12)27-10-26-16/h1-9,20,25H,10H2,(H2,23,24). The van der Waals surface area contributed by atoms with Crippen molar-refractivity contribution in [3.05, 3.63) is 71.5 Å². The molecule has 4 aromatic rings. The van der Waals surface area contributed by atoms with Gasteiger partial charge in [-0.1, -0.05) is 29.5 Å². The molecule has 1 aliphatic heterocycles. The summed E-state index contributed by atoms with van der Waals surface area (Å²) < 4.78 is 25.0. The second-order valence-corrected chi connectivity index (χ2v) is 7.55. The first kappa shape index (κ1) is 17.0. The lowest BCUT2D eigenvalue weighted by molar-refractivity contribution is 0.174. The van der Waals surface area contributed by atoms with Crippen molar-refractivity contribution in [2.45, 2.75) is 6.10 Å². The second kappa shape index (κ2) is 6.47. The van der Waals surface area contributed by atoms with Gasteiger partial charge in [-0.2, -0.15) is 0 Å². The number of thiazole rings is 1. The van der Waals surface area contributed by atoms with Gasteiger partial charge in [0.1, 0.15) is 11.9 Å². The highest BCUT2D eigenvalue weighted by atomic mass is 32.1. The average molecular weight is 394 g/mol. The number of ether oxygens (including phenoxy) is 2. The summed E-state index contributed by atoms with van der Waals surface area (Å²) in [7, 11) is 0. The molecular formula is C21H15FN2O3S. The number of nitrogens with two attached hydrogens (primary N) is 1. The van der Waals surface area contributed by atoms with Crippen LogP contribution in [0.1, 0.15) is 17.2 Å². The van der Waals surface area contributed by atoms with E-state index < -0.39 is 6.10 Å². The summed E-state index contributed by atoms with van der Waals surface area (Å²) in [6.07, 6.45) is -0.902. The van der Waals surface area contributed by atoms with Gasteiger partial charge in [-0.25, -0.2) is 9.37 Å². The van der Waals surface area contributed by atoms with Gasteiger partial charge in [-0.05, 0) is 53.1 Å². The predicted octanol–water partition coefficient (Wildman–Crippen LogP) is 4.50. The molecule has 0 amide bonds. The van der Waals surface area contributed by atoms with E-state index in [9.17, 15) is 9.50 Å². The fourth-order valence-electron chi connectivity index (χ4n) is 3.35. The van der Waals surface area contributed by atoms with Crippen LogP contribution in [0.5, 0.6) is 11.5 Å². The molecule has 3 aromatic carbocycles. The van der Waals surface area contributed by atoms with Crippen molar-refractivity contribution >= 4 is 26.7 Å². The fourth-order valence-corrected chi connectivity index (χ4v) is 4.16. The van der Waals surface area contributed by atoms with Crippen LogP contribution in [0.3, 0.4) is 0 Å². The number of anilines is 1. The number of halogens is 1. The zero-order valence-electron chi connectivity index (χ0n) is 14.6. The van der Waals surface area contributed by atoms with Gasteiger partial charge in [0.15, 0.2) is 16.6 Å². The normalized spacial score (nSPS) is 13.8. The Balaban J connectivity index is 1.67. The van der Waals surface area contributed by atoms with Gasteiger partial charge in [-0.3, -0.25) is 0 Å². The summed E-state index contributed by atoms with van der Waals surface area (Å²) in [6.45, 7) is 0.196. The van der Waals surface area contributed by atoms with Crippen LogP contribution >= 0.6 is 11.3 Å². The highest BCUT2D eigenvalue weighted by molar-refractivity contribution is 7.22. The number of aliphatic hydroxyl groups is 1. The van der Waals surface area contributed by atoms with E-state index in [4.69, 9.17) is 15.2 Å². The van der Waals surface area contributed by atoms with Gasteiger partial charge in [0.25, 0.3) is 0 Å². The van der Waals surface area contributed by atoms with Crippen molar-refractivity contribution in [2.24, 2.45) is 0 Å². The lowest BCUT2D eigenvalue weighted by Crippen LogP contribution is -2.00. The lowest BCUT2D eigenvalue weighted by atomic mass is 9.96. The first-order chi connectivity index (χ1) is 13.6. The molecule has 0 saturated heterocycles. The number of benzene rings is 3. The molecule has 5 rings (SSSR count). The number of nitrogens with zero attached hydrogens (tertiary/aromatic N) is 1. The fraction of sp³-hybridized carbons (Fsp3) is 0.0952. The van der Waals surface area contributed by atoms with Crippen LogP contribution in [-0.2, 0) is 0 Å². The van der Waals surface area contributed by atoms with E-state index in [2.05, 4.69) is 4.98 Å². The van der Waals surface area contributed by atoms with Crippen LogP contribution in [0.2, 0.25) is 0 Å². The summed E-state index contributed by atoms with van der Waals surface area (Å²) in [5, 5.41) is 11.3. The smallest absolute Gasteiger partial charge is 0.231 e. The third-order valence-corrected chi connectivity index (χ3v) is 5.55. The Kier molecular flexibility index (Phi) is 3.92. The highest BCUT2D eigenvalue weighted by Gasteiger charge is 2.19. The van der Waals surface area contributed by atoms with E-state index in [0.717, 1.165) is 21.3 Å². The maximum Gasteiger partial charge on any atom is 0.231 e. The summed E-state index contributed by atoms with van der Waals surface area (Å²) in [5.41, 5.74) is 9.70. The second-order valence-electron chi connectivity index (χ2n) is 6.49. The molecule has 2 heterocycles. The monoisotopic (exact) mass is 394 g/mol. The van der Waals surface area contributed by atoms with Crippen LogP contribution in [0.4, 0.5) is 9.52 Å². The van der Waals surface area contributed by atoms with E-state index in [0.29, 0.717) is 27.8 Å². The largest absolute Gasteiger partial charge is 0.454 e. The maximum atomic E-state index is 13.2. The Morgan fingerprint density at radius 3 is 2.61 bits per heavy atom. The minimum absolute atomic E-state index is 0.196. The van der Waals surface area contributed by atoms with Crippen molar-refractivity contribution in [1.82, 2.24) is 4.98 Å². The van der Waals surface area contributed by atoms with Gasteiger partial charge in [0, 0.05) is 5.56 Å². The van der Waals surface area contributed by atoms with Crippen LogP contribution in [0, 0.1) is 5.82 Å². The van der Waals surface area contributed by atoms with Gasteiger partial charge in [-0.15, -0.1) is 0 Å². The van der Waals surface area contributed by atoms with Gasteiger partial charge >= 0.3 is 0 Å². The van der Waals surface area contributed by atoms with E-state index in [1.807, 2.05) is 30.3 Å².